The van der Waals surface area contributed by atoms with E-state index in [9.17, 15) is 4.79 Å². The summed E-state index contributed by atoms with van der Waals surface area (Å²) in [5.74, 6) is -0.0973. The molecule has 0 radical (unpaired) electrons. The van der Waals surface area contributed by atoms with E-state index in [4.69, 9.17) is 14.8 Å². The lowest BCUT2D eigenvalue weighted by molar-refractivity contribution is -0.137. The van der Waals surface area contributed by atoms with E-state index in [2.05, 4.69) is 11.9 Å². The average molecular weight is 393 g/mol. The molecule has 0 bridgehead atoms. The van der Waals surface area contributed by atoms with Crippen LogP contribution in [0, 0.1) is 6.92 Å². The zero-order valence-corrected chi connectivity index (χ0v) is 16.1. The first-order valence-electron chi connectivity index (χ1n) is 8.91. The highest BCUT2D eigenvalue weighted by Gasteiger charge is 2.11. The van der Waals surface area contributed by atoms with Crippen molar-refractivity contribution in [3.63, 3.8) is 0 Å². The van der Waals surface area contributed by atoms with E-state index < -0.39 is 5.97 Å². The van der Waals surface area contributed by atoms with Gasteiger partial charge in [0, 0.05) is 34.6 Å². The minimum atomic E-state index is -0.860. The van der Waals surface area contributed by atoms with Crippen LogP contribution in [0.25, 0.3) is 21.6 Å². The van der Waals surface area contributed by atoms with Crippen LogP contribution in [-0.2, 0) is 17.8 Å². The number of carboxylic acid groups (broad SMARTS) is 1. The monoisotopic (exact) mass is 393 g/mol. The van der Waals surface area contributed by atoms with E-state index in [-0.39, 0.29) is 6.54 Å². The second kappa shape index (κ2) is 7.82. The summed E-state index contributed by atoms with van der Waals surface area (Å²) in [4.78, 5) is 21.2. The second-order valence-corrected chi connectivity index (χ2v) is 7.60. The van der Waals surface area contributed by atoms with Gasteiger partial charge in [-0.1, -0.05) is 6.07 Å². The largest absolute Gasteiger partial charge is 0.493 e. The lowest BCUT2D eigenvalue weighted by Crippen LogP contribution is -2.07. The lowest BCUT2D eigenvalue weighted by atomic mass is 10.2. The van der Waals surface area contributed by atoms with Gasteiger partial charge in [0.05, 0.1) is 18.0 Å². The number of thiazole rings is 1. The number of carboxylic acids is 1. The summed E-state index contributed by atoms with van der Waals surface area (Å²) in [6, 6.07) is 13.4. The minimum absolute atomic E-state index is 0.0502. The number of fused-ring (bicyclic) bond motifs is 1. The molecule has 28 heavy (non-hydrogen) atoms. The van der Waals surface area contributed by atoms with Crippen LogP contribution in [0.4, 0.5) is 0 Å². The molecule has 1 aromatic carbocycles. The molecule has 3 aromatic heterocycles. The summed E-state index contributed by atoms with van der Waals surface area (Å²) >= 11 is 1.64. The second-order valence-electron chi connectivity index (χ2n) is 6.39. The fraction of sp³-hybridized carbons (Fsp3) is 0.190. The molecule has 0 aliphatic heterocycles. The lowest BCUT2D eigenvalue weighted by Gasteiger charge is -2.07. The van der Waals surface area contributed by atoms with Crippen molar-refractivity contribution < 1.29 is 14.6 Å². The summed E-state index contributed by atoms with van der Waals surface area (Å²) in [6.07, 6.45) is 4.27. The first-order chi connectivity index (χ1) is 13.6. The molecule has 0 saturated carbocycles. The highest BCUT2D eigenvalue weighted by Crippen LogP contribution is 2.27. The SMILES string of the molecule is Cc1sc(-c2ccccn2)nc1CCOc1ccc2c(ccn2CC(=O)O)c1. The number of pyridine rings is 1. The number of rotatable bonds is 7. The molecule has 3 heterocycles. The van der Waals surface area contributed by atoms with E-state index >= 15 is 0 Å². The molecule has 0 aliphatic carbocycles. The molecule has 142 valence electrons. The summed E-state index contributed by atoms with van der Waals surface area (Å²) < 4.78 is 7.61. The number of nitrogens with zero attached hydrogens (tertiary/aromatic N) is 3. The quantitative estimate of drug-likeness (QED) is 0.510. The molecular weight excluding hydrogens is 374 g/mol. The fourth-order valence-corrected chi connectivity index (χ4v) is 4.01. The smallest absolute Gasteiger partial charge is 0.323 e. The van der Waals surface area contributed by atoms with Crippen molar-refractivity contribution in [2.75, 3.05) is 6.61 Å². The molecular formula is C21H19N3O3S. The standard InChI is InChI=1S/C21H19N3O3S/c1-14-17(23-21(28-14)18-4-2-3-9-22-18)8-11-27-16-5-6-19-15(12-16)7-10-24(19)13-20(25)26/h2-7,9-10,12H,8,11,13H2,1H3,(H,25,26). The number of carbonyl (C=O) groups is 1. The van der Waals surface area contributed by atoms with Gasteiger partial charge in [-0.05, 0) is 43.3 Å². The van der Waals surface area contributed by atoms with Crippen molar-refractivity contribution in [3.8, 4) is 16.5 Å². The highest BCUT2D eigenvalue weighted by molar-refractivity contribution is 7.15. The van der Waals surface area contributed by atoms with Crippen molar-refractivity contribution in [3.05, 3.63) is 65.4 Å². The zero-order valence-electron chi connectivity index (χ0n) is 15.3. The van der Waals surface area contributed by atoms with Gasteiger partial charge >= 0.3 is 5.97 Å². The molecule has 0 spiro atoms. The van der Waals surface area contributed by atoms with Crippen LogP contribution in [0.2, 0.25) is 0 Å². The van der Waals surface area contributed by atoms with Gasteiger partial charge in [-0.2, -0.15) is 0 Å². The normalized spacial score (nSPS) is 11.0. The number of aliphatic carboxylic acids is 1. The summed E-state index contributed by atoms with van der Waals surface area (Å²) in [7, 11) is 0. The first kappa shape index (κ1) is 18.2. The molecule has 0 fully saturated rings. The van der Waals surface area contributed by atoms with Gasteiger partial charge in [0.1, 0.15) is 17.3 Å². The maximum absolute atomic E-state index is 10.9. The molecule has 0 unspecified atom stereocenters. The molecule has 0 amide bonds. The van der Waals surface area contributed by atoms with E-state index in [0.29, 0.717) is 13.0 Å². The van der Waals surface area contributed by atoms with Crippen molar-refractivity contribution in [2.24, 2.45) is 0 Å². The number of hydrogen-bond acceptors (Lipinski definition) is 5. The number of aromatic nitrogens is 3. The highest BCUT2D eigenvalue weighted by atomic mass is 32.1. The van der Waals surface area contributed by atoms with Crippen LogP contribution in [0.15, 0.2) is 54.9 Å². The maximum atomic E-state index is 10.9. The van der Waals surface area contributed by atoms with Gasteiger partial charge in [-0.25, -0.2) is 4.98 Å². The predicted molar refractivity (Wildman–Crippen MR) is 109 cm³/mol. The van der Waals surface area contributed by atoms with Crippen molar-refractivity contribution in [1.82, 2.24) is 14.5 Å². The van der Waals surface area contributed by atoms with Crippen LogP contribution in [0.3, 0.4) is 0 Å². The Hall–Kier alpha value is -3.19. The minimum Gasteiger partial charge on any atom is -0.493 e. The van der Waals surface area contributed by atoms with Crippen LogP contribution in [-0.4, -0.2) is 32.2 Å². The topological polar surface area (TPSA) is 77.2 Å². The Morgan fingerprint density at radius 2 is 2.14 bits per heavy atom. The van der Waals surface area contributed by atoms with Crippen LogP contribution >= 0.6 is 11.3 Å². The van der Waals surface area contributed by atoms with Gasteiger partial charge in [-0.3, -0.25) is 9.78 Å². The third kappa shape index (κ3) is 3.89. The Bertz CT molecular complexity index is 1120. The zero-order chi connectivity index (χ0) is 19.5. The molecule has 6 nitrogen and oxygen atoms in total. The Morgan fingerprint density at radius 3 is 2.93 bits per heavy atom. The Morgan fingerprint density at radius 1 is 1.25 bits per heavy atom. The van der Waals surface area contributed by atoms with Crippen molar-refractivity contribution in [1.29, 1.82) is 0 Å². The van der Waals surface area contributed by atoms with Gasteiger partial charge in [0.25, 0.3) is 0 Å². The molecule has 0 atom stereocenters. The predicted octanol–water partition coefficient (Wildman–Crippen LogP) is 4.17. The molecule has 4 aromatic rings. The summed E-state index contributed by atoms with van der Waals surface area (Å²) in [6.45, 7) is 2.54. The van der Waals surface area contributed by atoms with Gasteiger partial charge < -0.3 is 14.4 Å². The number of ether oxygens (including phenoxy) is 1. The van der Waals surface area contributed by atoms with E-state index in [1.54, 1.807) is 28.3 Å². The fourth-order valence-electron chi connectivity index (χ4n) is 3.08. The van der Waals surface area contributed by atoms with Crippen LogP contribution in [0.1, 0.15) is 10.6 Å². The summed E-state index contributed by atoms with van der Waals surface area (Å²) in [5, 5.41) is 10.9. The Labute approximate surface area is 166 Å². The van der Waals surface area contributed by atoms with Crippen LogP contribution in [0.5, 0.6) is 5.75 Å². The molecule has 7 heteroatoms. The van der Waals surface area contributed by atoms with Gasteiger partial charge in [-0.15, -0.1) is 11.3 Å². The molecule has 1 N–H and O–H groups in total. The van der Waals surface area contributed by atoms with Gasteiger partial charge in [0.2, 0.25) is 0 Å². The average Bonchev–Trinajstić information content (AvgIpc) is 3.26. The Balaban J connectivity index is 1.41. The summed E-state index contributed by atoms with van der Waals surface area (Å²) in [5.41, 5.74) is 2.79. The van der Waals surface area contributed by atoms with E-state index in [1.807, 2.05) is 42.5 Å². The van der Waals surface area contributed by atoms with Crippen molar-refractivity contribution >= 4 is 28.2 Å². The Kier molecular flexibility index (Phi) is 5.08. The molecule has 0 aliphatic rings. The third-order valence-corrected chi connectivity index (χ3v) is 5.47. The van der Waals surface area contributed by atoms with E-state index in [1.165, 1.54) is 4.88 Å². The third-order valence-electron chi connectivity index (χ3n) is 4.43. The number of benzene rings is 1. The van der Waals surface area contributed by atoms with Crippen LogP contribution < -0.4 is 4.74 Å². The number of hydrogen-bond donors (Lipinski definition) is 1. The van der Waals surface area contributed by atoms with Gasteiger partial charge in [0.15, 0.2) is 0 Å². The van der Waals surface area contributed by atoms with E-state index in [0.717, 1.165) is 33.0 Å². The molecule has 0 saturated heterocycles. The maximum Gasteiger partial charge on any atom is 0.323 e. The number of aryl methyl sites for hydroxylation is 1. The molecule has 4 rings (SSSR count). The van der Waals surface area contributed by atoms with Crippen molar-refractivity contribution in [2.45, 2.75) is 19.9 Å². The first-order valence-corrected chi connectivity index (χ1v) is 9.73.